The molecule has 15 aliphatic rings. The first-order chi connectivity index (χ1) is 65.8. The van der Waals surface area contributed by atoms with Gasteiger partial charge in [-0.25, -0.2) is 38.4 Å². The first kappa shape index (κ1) is 119. The lowest BCUT2D eigenvalue weighted by Crippen LogP contribution is -2.59. The molecule has 782 valence electrons. The molecule has 0 heterocycles. The number of esters is 8. The summed E-state index contributed by atoms with van der Waals surface area (Å²) >= 11 is 0. The Hall–Kier alpha value is -9.12. The van der Waals surface area contributed by atoms with Crippen LogP contribution in [0, 0.1) is 70.5 Å². The van der Waals surface area contributed by atoms with Crippen molar-refractivity contribution in [1.29, 1.82) is 0 Å². The molecule has 15 saturated carbocycles. The van der Waals surface area contributed by atoms with Crippen LogP contribution < -0.4 is 0 Å². The van der Waals surface area contributed by atoms with Gasteiger partial charge in [0.15, 0.2) is 0 Å². The zero-order chi connectivity index (χ0) is 105. The highest BCUT2D eigenvalue weighted by molar-refractivity contribution is 5.91. The van der Waals surface area contributed by atoms with Crippen LogP contribution in [0.3, 0.4) is 0 Å². The predicted octanol–water partition coefficient (Wildman–Crippen LogP) is 31.3. The highest BCUT2D eigenvalue weighted by Gasteiger charge is 2.61. The summed E-state index contributed by atoms with van der Waals surface area (Å²) in [5.41, 5.74) is 4.25. The maximum absolute atomic E-state index is 12.0. The zero-order valence-corrected chi connectivity index (χ0v) is 91.7. The average Bonchev–Trinajstić information content (AvgIpc) is 1.08. The highest BCUT2D eigenvalue weighted by atomic mass is 16.6. The van der Waals surface area contributed by atoms with E-state index in [1.807, 2.05) is 110 Å². The van der Waals surface area contributed by atoms with E-state index >= 15 is 0 Å². The molecule has 0 radical (unpaired) electrons. The molecule has 17 nitrogen and oxygen atoms in total. The van der Waals surface area contributed by atoms with Crippen LogP contribution in [0.15, 0.2) is 195 Å². The molecule has 15 fully saturated rings. The predicted molar refractivity (Wildman–Crippen MR) is 572 cm³/mol. The molecular formula is C124H184O17. The maximum atomic E-state index is 12.0. The molecule has 141 heavy (non-hydrogen) atoms. The van der Waals surface area contributed by atoms with Gasteiger partial charge in [-0.1, -0.05) is 186 Å². The van der Waals surface area contributed by atoms with Crippen LogP contribution in [0.25, 0.3) is 10.8 Å². The summed E-state index contributed by atoms with van der Waals surface area (Å²) in [7, 11) is 0. The van der Waals surface area contributed by atoms with Crippen molar-refractivity contribution in [3.63, 3.8) is 0 Å². The lowest BCUT2D eigenvalue weighted by atomic mass is 9.46. The number of benzene rings is 3. The van der Waals surface area contributed by atoms with Crippen molar-refractivity contribution in [3.8, 4) is 0 Å². The molecule has 0 aliphatic heterocycles. The topological polar surface area (TPSA) is 220 Å². The number of carbonyl (C=O) groups excluding carboxylic acids is 8. The molecule has 3 aromatic rings. The second kappa shape index (κ2) is 51.6. The van der Waals surface area contributed by atoms with Crippen molar-refractivity contribution >= 4 is 58.5 Å². The second-order valence-electron chi connectivity index (χ2n) is 47.2. The van der Waals surface area contributed by atoms with E-state index in [9.17, 15) is 38.4 Å². The third-order valence-corrected chi connectivity index (χ3v) is 32.8. The molecular weight excluding hydrogens is 1760 g/mol. The first-order valence-electron chi connectivity index (χ1n) is 53.5. The van der Waals surface area contributed by atoms with Gasteiger partial charge in [0.05, 0.1) is 0 Å². The molecule has 0 spiro atoms. The number of hydrogen-bond donors (Lipinski definition) is 0. The first-order valence-corrected chi connectivity index (χ1v) is 53.5. The number of rotatable bonds is 25. The Morgan fingerprint density at radius 1 is 0.298 bits per heavy atom. The molecule has 0 saturated heterocycles. The molecule has 3 aromatic carbocycles. The number of hydrogen-bond acceptors (Lipinski definition) is 17. The van der Waals surface area contributed by atoms with Gasteiger partial charge < -0.3 is 42.6 Å². The van der Waals surface area contributed by atoms with Gasteiger partial charge in [0, 0.05) is 50.0 Å². The van der Waals surface area contributed by atoms with Crippen molar-refractivity contribution < 1.29 is 81.0 Å². The summed E-state index contributed by atoms with van der Waals surface area (Å²) in [6, 6.07) is 23.9. The molecule has 0 N–H and O–H groups in total. The Morgan fingerprint density at radius 3 is 0.915 bits per heavy atom. The molecule has 0 unspecified atom stereocenters. The lowest BCUT2D eigenvalue weighted by molar-refractivity contribution is -0.207. The smallest absolute Gasteiger partial charge is 0.333 e. The fourth-order valence-corrected chi connectivity index (χ4v) is 24.7. The van der Waals surface area contributed by atoms with Gasteiger partial charge in [0.1, 0.15) is 56.2 Å². The van der Waals surface area contributed by atoms with Gasteiger partial charge >= 0.3 is 47.8 Å². The number of carbonyl (C=O) groups is 8. The van der Waals surface area contributed by atoms with Gasteiger partial charge in [0.25, 0.3) is 0 Å². The van der Waals surface area contributed by atoms with E-state index in [0.717, 1.165) is 145 Å². The van der Waals surface area contributed by atoms with E-state index in [1.54, 1.807) is 55.4 Å². The fraction of sp³-hybridized carbons (Fsp3) is 0.645. The van der Waals surface area contributed by atoms with Gasteiger partial charge in [-0.3, -0.25) is 0 Å². The molecule has 12 bridgehead atoms. The van der Waals surface area contributed by atoms with Gasteiger partial charge in [-0.15, -0.1) is 0 Å². The third-order valence-electron chi connectivity index (χ3n) is 32.8. The third kappa shape index (κ3) is 33.5. The van der Waals surface area contributed by atoms with E-state index in [-0.39, 0.29) is 86.8 Å². The van der Waals surface area contributed by atoms with E-state index in [4.69, 9.17) is 42.6 Å². The van der Waals surface area contributed by atoms with Gasteiger partial charge in [-0.05, 0) is 436 Å². The van der Waals surface area contributed by atoms with Crippen LogP contribution in [0.4, 0.5) is 0 Å². The summed E-state index contributed by atoms with van der Waals surface area (Å²) in [4.78, 5) is 92.3. The van der Waals surface area contributed by atoms with Crippen LogP contribution in [0.5, 0.6) is 0 Å². The van der Waals surface area contributed by atoms with Crippen LogP contribution in [-0.2, 0) is 92.2 Å². The number of fused-ring (bicyclic) bond motifs is 1. The van der Waals surface area contributed by atoms with Gasteiger partial charge in [-0.2, -0.15) is 0 Å². The van der Waals surface area contributed by atoms with Gasteiger partial charge in [0.2, 0.25) is 0 Å². The minimum Gasteiger partial charge on any atom is -0.487 e. The SMILES string of the molecule is C=C(C)C(=C)OC1(C)C2CC3CC(C2)CC1C3.C=C(C)C(=O)OC(C)(C)C.C=C(C)C(=O)OC(C)(C)C12CC3CC(CC(C3)C1)C2.C=C(C)C(=O)OC(C)(C)c1ccc2ccccc2c1.C=C(C)C(=O)OC(C)(C)c1ccccc1.C=C(C)C(=O)OC1(CC)C2CC3CC(C2)CC1C3.C=C(C)C(=O)OC1(CC)CCCC1.C=C(C)C(=O)OC1(CC)CCCCC1.C=C(C)C(=O)OC1(CC)CCCCCCC1. The van der Waals surface area contributed by atoms with Crippen molar-refractivity contribution in [2.24, 2.45) is 70.5 Å². The molecule has 15 aliphatic carbocycles. The van der Waals surface area contributed by atoms with E-state index in [0.29, 0.717) is 56.4 Å². The van der Waals surface area contributed by atoms with Crippen LogP contribution >= 0.6 is 0 Å². The van der Waals surface area contributed by atoms with E-state index in [1.165, 1.54) is 172 Å². The summed E-state index contributed by atoms with van der Waals surface area (Å²) < 4.78 is 50.6. The molecule has 0 aromatic heterocycles. The molecule has 0 atom stereocenters. The molecule has 17 heteroatoms. The molecule has 0 amide bonds. The number of allylic oxidation sites excluding steroid dienone is 1. The normalized spacial score (nSPS) is 26.4. The lowest BCUT2D eigenvalue weighted by Gasteiger charge is -2.61. The summed E-state index contributed by atoms with van der Waals surface area (Å²) in [5.74, 6) is 7.89. The Labute approximate surface area is 851 Å². The van der Waals surface area contributed by atoms with Crippen LogP contribution in [0.1, 0.15) is 402 Å². The van der Waals surface area contributed by atoms with E-state index in [2.05, 4.69) is 132 Å². The summed E-state index contributed by atoms with van der Waals surface area (Å²) in [5, 5.41) is 2.31. The monoisotopic (exact) mass is 1950 g/mol. The van der Waals surface area contributed by atoms with Crippen molar-refractivity contribution in [2.75, 3.05) is 0 Å². The Balaban J connectivity index is 0.000000217. The Bertz CT molecular complexity index is 4790. The minimum absolute atomic E-state index is 0.0451. The standard InChI is InChI=1S/C17H26O2.C17H18O2.C16H24O2.C16H24O.C14H24O2.C13H16O2.C12H20O2.C11H18O2.C8H14O2/c1-11(2)15(18)19-16(3,4)17-8-12-5-13(9-17)7-14(6-12)10-17;1-12(2)16(18)19-17(3,4)15-10-9-13-7-5-6-8-14(13)11-15;1-4-16(18-15(17)10(2)3)13-6-11-5-12(8-13)9-14(16)7-11;1-10(2)11(3)17-16(4)14-6-12-5-13(8-14)9-15(16)7-12;1-4-14(16-13(15)12(2)3)10-8-6-5-7-9-11-14;1-10(2)12(14)15-13(3,4)11-8-6-5-7-9-11;1-4-12(8-6-5-7-9-12)14-11(13)10(2)3;1-4-11(7-5-6-8-11)13-10(12)9(2)3;1-6(2)7(9)10-8(3,4)5/h12-14H,1,5-10H2,2-4H3;5-11H,1H2,2-4H3;11-14H,2,4-9H2,1,3H3;12-15H,1,3,5-9H2,2,4H3;2,4-11H2,1,3H3;5-9H,1H2,2-4H3;2,4-9H2,1,3H3;2,4-8H2,1,3H3;1H2,2-5H3. The number of ether oxygens (including phenoxy) is 9. The van der Waals surface area contributed by atoms with Crippen molar-refractivity contribution in [2.45, 2.75) is 441 Å². The largest absolute Gasteiger partial charge is 0.487 e. The average molecular weight is 1950 g/mol. The zero-order valence-electron chi connectivity index (χ0n) is 91.7. The van der Waals surface area contributed by atoms with Crippen molar-refractivity contribution in [1.82, 2.24) is 0 Å². The van der Waals surface area contributed by atoms with Crippen LogP contribution in [0.2, 0.25) is 0 Å². The Kier molecular flexibility index (Phi) is 43.5. The van der Waals surface area contributed by atoms with E-state index < -0.39 is 16.8 Å². The minimum atomic E-state index is -0.667. The summed E-state index contributed by atoms with van der Waals surface area (Å²) in [6.45, 7) is 80.5. The second-order valence-corrected chi connectivity index (χ2v) is 47.2. The highest BCUT2D eigenvalue weighted by Crippen LogP contribution is 2.66. The van der Waals surface area contributed by atoms with Crippen molar-refractivity contribution in [3.05, 3.63) is 206 Å². The summed E-state index contributed by atoms with van der Waals surface area (Å²) in [6.07, 6.45) is 43.7. The molecule has 18 rings (SSSR count). The quantitative estimate of drug-likeness (QED) is 0.0253. The van der Waals surface area contributed by atoms with Crippen LogP contribution in [-0.4, -0.2) is 87.0 Å². The fourth-order valence-electron chi connectivity index (χ4n) is 24.7. The maximum Gasteiger partial charge on any atom is 0.333 e. The Morgan fingerprint density at radius 2 is 0.589 bits per heavy atom.